The Balaban J connectivity index is 2.01. The third-order valence-corrected chi connectivity index (χ3v) is 9.00. The van der Waals surface area contributed by atoms with E-state index < -0.39 is 73.9 Å². The SMILES string of the molecule is CCOc1nn(CC)cc1S(=O)(=O)N1C[C@H](CNS(=O)(=O)CC(F)(F)F)Oc2ccc(NC(=O)OC(C)(C)C(F)(F)F)cc21. The lowest BCUT2D eigenvalue weighted by Gasteiger charge is -2.35. The van der Waals surface area contributed by atoms with E-state index in [-0.39, 0.29) is 36.2 Å². The molecule has 13 nitrogen and oxygen atoms in total. The van der Waals surface area contributed by atoms with Gasteiger partial charge in [0.15, 0.2) is 10.6 Å². The van der Waals surface area contributed by atoms with Crippen molar-refractivity contribution >= 4 is 37.5 Å². The number of fused-ring (bicyclic) bond motifs is 1. The Morgan fingerprint density at radius 1 is 1.11 bits per heavy atom. The minimum absolute atomic E-state index is 0.0248. The minimum atomic E-state index is -5.05. The highest BCUT2D eigenvalue weighted by molar-refractivity contribution is 7.93. The van der Waals surface area contributed by atoms with Gasteiger partial charge in [-0.3, -0.25) is 14.3 Å². The molecule has 1 aromatic carbocycles. The van der Waals surface area contributed by atoms with Gasteiger partial charge in [-0.1, -0.05) is 0 Å². The summed E-state index contributed by atoms with van der Waals surface area (Å²) in [6.45, 7) is 3.33. The molecule has 0 unspecified atom stereocenters. The third-order valence-electron chi connectivity index (χ3n) is 5.92. The molecule has 0 fully saturated rings. The summed E-state index contributed by atoms with van der Waals surface area (Å²) in [4.78, 5) is 11.8. The van der Waals surface area contributed by atoms with Gasteiger partial charge >= 0.3 is 18.4 Å². The van der Waals surface area contributed by atoms with Gasteiger partial charge in [0.05, 0.1) is 18.8 Å². The predicted octanol–water partition coefficient (Wildman–Crippen LogP) is 3.63. The number of halogens is 6. The van der Waals surface area contributed by atoms with E-state index in [0.717, 1.165) is 28.7 Å². The number of aromatic nitrogens is 2. The monoisotopic (exact) mass is 681 g/mol. The van der Waals surface area contributed by atoms with Crippen molar-refractivity contribution in [3.05, 3.63) is 24.4 Å². The first kappa shape index (κ1) is 35.0. The van der Waals surface area contributed by atoms with Crippen molar-refractivity contribution in [3.8, 4) is 11.6 Å². The van der Waals surface area contributed by atoms with Crippen LogP contribution < -0.4 is 23.8 Å². The summed E-state index contributed by atoms with van der Waals surface area (Å²) in [7, 11) is -9.51. The number of carbonyl (C=O) groups excluding carboxylic acids is 1. The number of amides is 1. The molecular weight excluding hydrogens is 652 g/mol. The van der Waals surface area contributed by atoms with Crippen LogP contribution in [0.25, 0.3) is 0 Å². The number of hydrogen-bond donors (Lipinski definition) is 2. The Hall–Kier alpha value is -3.46. The molecule has 0 aliphatic carbocycles. The van der Waals surface area contributed by atoms with Crippen LogP contribution in [0.2, 0.25) is 0 Å². The van der Waals surface area contributed by atoms with Crippen LogP contribution in [-0.4, -0.2) is 82.2 Å². The van der Waals surface area contributed by atoms with E-state index in [1.54, 1.807) is 18.6 Å². The highest BCUT2D eigenvalue weighted by Gasteiger charge is 2.51. The van der Waals surface area contributed by atoms with Crippen molar-refractivity contribution in [3.63, 3.8) is 0 Å². The Labute approximate surface area is 248 Å². The molecule has 0 saturated carbocycles. The van der Waals surface area contributed by atoms with Crippen molar-refractivity contribution in [2.24, 2.45) is 0 Å². The first-order chi connectivity index (χ1) is 20.1. The standard InChI is InChI=1S/C23H29F6N5O8S2/c1-5-33-12-18(19(32-33)40-6-2)44(38,39)34-11-15(10-30-43(36,37)13-22(24,25)26)41-17-8-7-14(9-16(17)34)31-20(35)42-21(3,4)23(27,28)29/h7-9,12,15,30H,5-6,10-11,13H2,1-4H3,(H,31,35)/t15-/m0/s1. The van der Waals surface area contributed by atoms with Gasteiger partial charge in [-0.2, -0.15) is 26.3 Å². The molecule has 2 heterocycles. The zero-order valence-corrected chi connectivity index (χ0v) is 25.2. The maximum atomic E-state index is 14.0. The van der Waals surface area contributed by atoms with Crippen LogP contribution in [0, 0.1) is 0 Å². The van der Waals surface area contributed by atoms with Crippen molar-refractivity contribution in [1.29, 1.82) is 0 Å². The lowest BCUT2D eigenvalue weighted by molar-refractivity contribution is -0.242. The molecule has 248 valence electrons. The van der Waals surface area contributed by atoms with Crippen LogP contribution in [0.4, 0.5) is 42.5 Å². The largest absolute Gasteiger partial charge is 0.485 e. The summed E-state index contributed by atoms with van der Waals surface area (Å²) < 4.78 is 148. The van der Waals surface area contributed by atoms with Crippen LogP contribution in [0.3, 0.4) is 0 Å². The van der Waals surface area contributed by atoms with Gasteiger partial charge in [0, 0.05) is 25.0 Å². The summed E-state index contributed by atoms with van der Waals surface area (Å²) in [6, 6.07) is 3.30. The number of aryl methyl sites for hydroxylation is 1. The average Bonchev–Trinajstić information content (AvgIpc) is 3.29. The number of alkyl halides is 6. The normalized spacial score (nSPS) is 16.2. The van der Waals surface area contributed by atoms with E-state index in [4.69, 9.17) is 9.47 Å². The molecule has 2 N–H and O–H groups in total. The molecular formula is C23H29F6N5O8S2. The van der Waals surface area contributed by atoms with Gasteiger partial charge in [0.1, 0.15) is 11.9 Å². The minimum Gasteiger partial charge on any atom is -0.485 e. The van der Waals surface area contributed by atoms with E-state index in [9.17, 15) is 48.0 Å². The second-order valence-electron chi connectivity index (χ2n) is 9.79. The number of rotatable bonds is 11. The number of nitrogens with zero attached hydrogens (tertiary/aromatic N) is 3. The number of nitrogens with one attached hydrogen (secondary N) is 2. The number of ether oxygens (including phenoxy) is 3. The zero-order chi connectivity index (χ0) is 33.3. The summed E-state index contributed by atoms with van der Waals surface area (Å²) in [6.07, 6.45) is -11.7. The van der Waals surface area contributed by atoms with Crippen molar-refractivity contribution in [2.45, 2.75) is 63.2 Å². The van der Waals surface area contributed by atoms with Crippen molar-refractivity contribution in [1.82, 2.24) is 14.5 Å². The Kier molecular flexibility index (Phi) is 9.95. The predicted molar refractivity (Wildman–Crippen MR) is 143 cm³/mol. The summed E-state index contributed by atoms with van der Waals surface area (Å²) >= 11 is 0. The lowest BCUT2D eigenvalue weighted by atomic mass is 10.1. The third kappa shape index (κ3) is 8.37. The second kappa shape index (κ2) is 12.5. The maximum Gasteiger partial charge on any atom is 0.427 e. The fourth-order valence-electron chi connectivity index (χ4n) is 3.72. The summed E-state index contributed by atoms with van der Waals surface area (Å²) in [5, 5.41) is 6.14. The number of sulfonamides is 2. The molecule has 21 heteroatoms. The zero-order valence-electron chi connectivity index (χ0n) is 23.6. The number of benzene rings is 1. The van der Waals surface area contributed by atoms with Crippen LogP contribution in [0.15, 0.2) is 29.3 Å². The van der Waals surface area contributed by atoms with Gasteiger partial charge in [0.2, 0.25) is 15.6 Å². The average molecular weight is 682 g/mol. The maximum absolute atomic E-state index is 14.0. The van der Waals surface area contributed by atoms with Gasteiger partial charge in [-0.15, -0.1) is 5.10 Å². The first-order valence-corrected chi connectivity index (χ1v) is 15.8. The molecule has 1 atom stereocenters. The number of carbonyl (C=O) groups is 1. The van der Waals surface area contributed by atoms with Gasteiger partial charge in [-0.25, -0.2) is 26.4 Å². The molecule has 1 aliphatic heterocycles. The van der Waals surface area contributed by atoms with Crippen LogP contribution in [-0.2, 0) is 31.3 Å². The van der Waals surface area contributed by atoms with E-state index >= 15 is 0 Å². The van der Waals surface area contributed by atoms with E-state index in [0.29, 0.717) is 13.8 Å². The summed E-state index contributed by atoms with van der Waals surface area (Å²) in [5.74, 6) is -2.68. The molecule has 0 saturated heterocycles. The van der Waals surface area contributed by atoms with Crippen LogP contribution >= 0.6 is 0 Å². The Morgan fingerprint density at radius 3 is 2.34 bits per heavy atom. The molecule has 3 rings (SSSR count). The molecule has 2 aromatic rings. The topological polar surface area (TPSA) is 158 Å². The van der Waals surface area contributed by atoms with Crippen LogP contribution in [0.1, 0.15) is 27.7 Å². The smallest absolute Gasteiger partial charge is 0.427 e. The lowest BCUT2D eigenvalue weighted by Crippen LogP contribution is -2.49. The van der Waals surface area contributed by atoms with Gasteiger partial charge in [-0.05, 0) is 45.9 Å². The highest BCUT2D eigenvalue weighted by atomic mass is 32.2. The van der Waals surface area contributed by atoms with E-state index in [1.165, 1.54) is 4.68 Å². The molecule has 0 spiro atoms. The second-order valence-corrected chi connectivity index (χ2v) is 13.4. The van der Waals surface area contributed by atoms with Gasteiger partial charge < -0.3 is 14.2 Å². The fraction of sp³-hybridized carbons (Fsp3) is 0.565. The number of hydrogen-bond acceptors (Lipinski definition) is 9. The Morgan fingerprint density at radius 2 is 1.77 bits per heavy atom. The molecule has 1 aromatic heterocycles. The Bertz CT molecular complexity index is 1580. The van der Waals surface area contributed by atoms with E-state index in [1.807, 2.05) is 0 Å². The van der Waals surface area contributed by atoms with Crippen molar-refractivity contribution in [2.75, 3.05) is 35.1 Å². The molecule has 1 amide bonds. The molecule has 0 radical (unpaired) electrons. The summed E-state index contributed by atoms with van der Waals surface area (Å²) in [5.41, 5.74) is -3.33. The number of anilines is 2. The molecule has 1 aliphatic rings. The highest BCUT2D eigenvalue weighted by Crippen LogP contribution is 2.41. The van der Waals surface area contributed by atoms with Crippen LogP contribution in [0.5, 0.6) is 11.6 Å². The first-order valence-electron chi connectivity index (χ1n) is 12.7. The van der Waals surface area contributed by atoms with Gasteiger partial charge in [0.25, 0.3) is 15.9 Å². The fourth-order valence-corrected chi connectivity index (χ4v) is 6.27. The van der Waals surface area contributed by atoms with E-state index in [2.05, 4.69) is 15.2 Å². The molecule has 0 bridgehead atoms. The molecule has 44 heavy (non-hydrogen) atoms. The van der Waals surface area contributed by atoms with Crippen molar-refractivity contribution < 1.29 is 62.2 Å². The quantitative estimate of drug-likeness (QED) is 0.338.